The zero-order valence-electron chi connectivity index (χ0n) is 9.67. The Balaban J connectivity index is 1.95. The molecule has 0 saturated carbocycles. The lowest BCUT2D eigenvalue weighted by Crippen LogP contribution is -1.89. The first-order valence-corrected chi connectivity index (χ1v) is 6.72. The van der Waals surface area contributed by atoms with Crippen LogP contribution in [0.4, 0.5) is 4.39 Å². The Morgan fingerprint density at radius 1 is 1.28 bits per heavy atom. The smallest absolute Gasteiger partial charge is 0.257 e. The predicted octanol–water partition coefficient (Wildman–Crippen LogP) is 2.49. The van der Waals surface area contributed by atoms with Gasteiger partial charge in [-0.3, -0.25) is 0 Å². The van der Waals surface area contributed by atoms with Crippen LogP contribution in [0.1, 0.15) is 12.2 Å². The maximum absolute atomic E-state index is 12.8. The van der Waals surface area contributed by atoms with E-state index < -0.39 is 0 Å². The molecule has 2 aromatic rings. The molecule has 0 aliphatic carbocycles. The fourth-order valence-electron chi connectivity index (χ4n) is 1.35. The first-order chi connectivity index (χ1) is 8.79. The van der Waals surface area contributed by atoms with Gasteiger partial charge in [-0.25, -0.2) is 4.39 Å². The summed E-state index contributed by atoms with van der Waals surface area (Å²) in [4.78, 5) is 4.22. The van der Waals surface area contributed by atoms with Gasteiger partial charge >= 0.3 is 0 Å². The van der Waals surface area contributed by atoms with E-state index in [1.165, 1.54) is 12.1 Å². The molecule has 6 heteroatoms. The van der Waals surface area contributed by atoms with Crippen molar-refractivity contribution in [2.45, 2.75) is 12.2 Å². The van der Waals surface area contributed by atoms with Gasteiger partial charge < -0.3 is 9.63 Å². The van der Waals surface area contributed by atoms with E-state index in [4.69, 9.17) is 9.63 Å². The Kier molecular flexibility index (Phi) is 4.72. The van der Waals surface area contributed by atoms with Crippen molar-refractivity contribution >= 4 is 11.8 Å². The summed E-state index contributed by atoms with van der Waals surface area (Å²) in [7, 11) is 0. The van der Waals surface area contributed by atoms with Crippen molar-refractivity contribution in [2.24, 2.45) is 0 Å². The molecule has 18 heavy (non-hydrogen) atoms. The van der Waals surface area contributed by atoms with Crippen LogP contribution in [0.25, 0.3) is 11.5 Å². The molecule has 0 aliphatic rings. The molecule has 0 saturated heterocycles. The van der Waals surface area contributed by atoms with Crippen molar-refractivity contribution < 1.29 is 14.0 Å². The summed E-state index contributed by atoms with van der Waals surface area (Å²) in [6.07, 6.45) is 0.757. The van der Waals surface area contributed by atoms with Crippen LogP contribution >= 0.6 is 11.8 Å². The molecule has 1 heterocycles. The van der Waals surface area contributed by atoms with Gasteiger partial charge in [-0.15, -0.1) is 0 Å². The number of halogens is 1. The van der Waals surface area contributed by atoms with Gasteiger partial charge in [0.15, 0.2) is 5.82 Å². The molecule has 0 radical (unpaired) electrons. The molecule has 0 fully saturated rings. The summed E-state index contributed by atoms with van der Waals surface area (Å²) in [5.41, 5.74) is 0.704. The second-order valence-electron chi connectivity index (χ2n) is 3.65. The number of thioether (sulfide) groups is 1. The Hall–Kier alpha value is -1.40. The van der Waals surface area contributed by atoms with Gasteiger partial charge in [-0.1, -0.05) is 5.16 Å². The van der Waals surface area contributed by atoms with Gasteiger partial charge in [0.25, 0.3) is 5.89 Å². The predicted molar refractivity (Wildman–Crippen MR) is 67.6 cm³/mol. The molecular formula is C12H13FN2O2S. The largest absolute Gasteiger partial charge is 0.396 e. The molecule has 0 spiro atoms. The first kappa shape index (κ1) is 13.0. The molecule has 1 aromatic heterocycles. The van der Waals surface area contributed by atoms with Crippen LogP contribution < -0.4 is 0 Å². The topological polar surface area (TPSA) is 59.2 Å². The number of rotatable bonds is 6. The lowest BCUT2D eigenvalue weighted by molar-refractivity contribution is 0.296. The minimum atomic E-state index is -0.293. The number of aromatic nitrogens is 2. The molecule has 1 N–H and O–H groups in total. The van der Waals surface area contributed by atoms with Crippen LogP contribution in [0, 0.1) is 5.82 Å². The summed E-state index contributed by atoms with van der Waals surface area (Å²) in [6.45, 7) is 0.195. The maximum Gasteiger partial charge on any atom is 0.257 e. The standard InChI is InChI=1S/C12H13FN2O2S/c13-10-4-2-9(3-5-10)12-14-11(15-17-12)8-18-7-1-6-16/h2-5,16H,1,6-8H2. The van der Waals surface area contributed by atoms with Crippen LogP contribution in [0.2, 0.25) is 0 Å². The highest BCUT2D eigenvalue weighted by atomic mass is 32.2. The second-order valence-corrected chi connectivity index (χ2v) is 4.76. The van der Waals surface area contributed by atoms with Crippen LogP contribution in [-0.2, 0) is 5.75 Å². The zero-order valence-corrected chi connectivity index (χ0v) is 10.5. The van der Waals surface area contributed by atoms with Gasteiger partial charge in [0.2, 0.25) is 0 Å². The first-order valence-electron chi connectivity index (χ1n) is 5.56. The Morgan fingerprint density at radius 3 is 2.78 bits per heavy atom. The number of aliphatic hydroxyl groups excluding tert-OH is 1. The Labute approximate surface area is 108 Å². The summed E-state index contributed by atoms with van der Waals surface area (Å²) >= 11 is 1.64. The SMILES string of the molecule is OCCCSCc1noc(-c2ccc(F)cc2)n1. The number of hydrogen-bond acceptors (Lipinski definition) is 5. The van der Waals surface area contributed by atoms with Gasteiger partial charge in [-0.05, 0) is 36.4 Å². The van der Waals surface area contributed by atoms with E-state index >= 15 is 0 Å². The number of hydrogen-bond donors (Lipinski definition) is 1. The highest BCUT2D eigenvalue weighted by Crippen LogP contribution is 2.19. The van der Waals surface area contributed by atoms with E-state index in [0.29, 0.717) is 23.0 Å². The quantitative estimate of drug-likeness (QED) is 0.816. The van der Waals surface area contributed by atoms with Crippen molar-refractivity contribution in [3.05, 3.63) is 35.9 Å². The van der Waals surface area contributed by atoms with Gasteiger partial charge in [0.1, 0.15) is 5.82 Å². The summed E-state index contributed by atoms with van der Waals surface area (Å²) in [6, 6.07) is 5.92. The normalized spacial score (nSPS) is 10.8. The monoisotopic (exact) mass is 268 g/mol. The lowest BCUT2D eigenvalue weighted by atomic mass is 10.2. The van der Waals surface area contributed by atoms with Crippen molar-refractivity contribution in [3.63, 3.8) is 0 Å². The maximum atomic E-state index is 12.8. The van der Waals surface area contributed by atoms with Gasteiger partial charge in [-0.2, -0.15) is 16.7 Å². The average Bonchev–Trinajstić information content (AvgIpc) is 2.84. The van der Waals surface area contributed by atoms with Crippen molar-refractivity contribution in [1.29, 1.82) is 0 Å². The molecule has 96 valence electrons. The lowest BCUT2D eigenvalue weighted by Gasteiger charge is -1.94. The van der Waals surface area contributed by atoms with E-state index in [-0.39, 0.29) is 12.4 Å². The summed E-state index contributed by atoms with van der Waals surface area (Å²) < 4.78 is 17.9. The molecule has 0 atom stereocenters. The molecule has 0 amide bonds. The molecule has 0 unspecified atom stereocenters. The third-order valence-electron chi connectivity index (χ3n) is 2.24. The fourth-order valence-corrected chi connectivity index (χ4v) is 2.13. The third kappa shape index (κ3) is 3.54. The number of aliphatic hydroxyl groups is 1. The Morgan fingerprint density at radius 2 is 2.06 bits per heavy atom. The molecular weight excluding hydrogens is 255 g/mol. The fraction of sp³-hybridized carbons (Fsp3) is 0.333. The van der Waals surface area contributed by atoms with Crippen LogP contribution in [0.5, 0.6) is 0 Å². The zero-order chi connectivity index (χ0) is 12.8. The molecule has 0 aliphatic heterocycles. The molecule has 2 rings (SSSR count). The van der Waals surface area contributed by atoms with Crippen LogP contribution in [-0.4, -0.2) is 27.6 Å². The van der Waals surface area contributed by atoms with Crippen molar-refractivity contribution in [3.8, 4) is 11.5 Å². The Bertz CT molecular complexity index is 487. The highest BCUT2D eigenvalue weighted by molar-refractivity contribution is 7.98. The van der Waals surface area contributed by atoms with E-state index in [1.54, 1.807) is 23.9 Å². The highest BCUT2D eigenvalue weighted by Gasteiger charge is 2.08. The third-order valence-corrected chi connectivity index (χ3v) is 3.28. The number of benzene rings is 1. The minimum absolute atomic E-state index is 0.195. The van der Waals surface area contributed by atoms with E-state index in [9.17, 15) is 4.39 Å². The number of nitrogens with zero attached hydrogens (tertiary/aromatic N) is 2. The summed E-state index contributed by atoms with van der Waals surface area (Å²) in [5.74, 6) is 2.21. The molecule has 1 aromatic carbocycles. The molecule has 0 bridgehead atoms. The minimum Gasteiger partial charge on any atom is -0.396 e. The van der Waals surface area contributed by atoms with Crippen molar-refractivity contribution in [2.75, 3.05) is 12.4 Å². The van der Waals surface area contributed by atoms with Gasteiger partial charge in [0, 0.05) is 12.2 Å². The van der Waals surface area contributed by atoms with Crippen LogP contribution in [0.15, 0.2) is 28.8 Å². The van der Waals surface area contributed by atoms with Crippen molar-refractivity contribution in [1.82, 2.24) is 10.1 Å². The second kappa shape index (κ2) is 6.51. The molecule has 4 nitrogen and oxygen atoms in total. The van der Waals surface area contributed by atoms with Gasteiger partial charge in [0.05, 0.1) is 5.75 Å². The summed E-state index contributed by atoms with van der Waals surface area (Å²) in [5, 5.41) is 12.5. The van der Waals surface area contributed by atoms with E-state index in [1.807, 2.05) is 0 Å². The van der Waals surface area contributed by atoms with E-state index in [2.05, 4.69) is 10.1 Å². The average molecular weight is 268 g/mol. The van der Waals surface area contributed by atoms with E-state index in [0.717, 1.165) is 12.2 Å². The van der Waals surface area contributed by atoms with Crippen LogP contribution in [0.3, 0.4) is 0 Å².